The minimum Gasteiger partial charge on any atom is -0.389 e. The summed E-state index contributed by atoms with van der Waals surface area (Å²) >= 11 is 0. The van der Waals surface area contributed by atoms with Gasteiger partial charge in [-0.15, -0.1) is 0 Å². The van der Waals surface area contributed by atoms with Crippen LogP contribution in [0.15, 0.2) is 0 Å². The third-order valence-electron chi connectivity index (χ3n) is 2.61. The van der Waals surface area contributed by atoms with Gasteiger partial charge in [-0.1, -0.05) is 0 Å². The fourth-order valence-electron chi connectivity index (χ4n) is 1.94. The molecule has 1 rings (SSSR count). The van der Waals surface area contributed by atoms with Gasteiger partial charge in [-0.2, -0.15) is 0 Å². The van der Waals surface area contributed by atoms with E-state index in [4.69, 9.17) is 5.73 Å². The summed E-state index contributed by atoms with van der Waals surface area (Å²) in [6, 6.07) is 0.464. The van der Waals surface area contributed by atoms with Gasteiger partial charge in [-0.25, -0.2) is 0 Å². The quantitative estimate of drug-likeness (QED) is 0.654. The second-order valence-corrected chi connectivity index (χ2v) is 4.87. The molecule has 1 aliphatic rings. The molecule has 0 aliphatic heterocycles. The fourth-order valence-corrected chi connectivity index (χ4v) is 1.94. The standard InChI is InChI=1S/C10H22N2O/c1-10(2,13)7-12(3)9(6-11)8-4-5-8/h8-9,13H,4-7,11H2,1-3H3. The highest BCUT2D eigenvalue weighted by Crippen LogP contribution is 2.34. The van der Waals surface area contributed by atoms with Crippen LogP contribution in [0.1, 0.15) is 26.7 Å². The molecule has 0 bridgehead atoms. The molecule has 1 atom stereocenters. The van der Waals surface area contributed by atoms with E-state index in [-0.39, 0.29) is 0 Å². The third kappa shape index (κ3) is 3.63. The van der Waals surface area contributed by atoms with Gasteiger partial charge in [0, 0.05) is 19.1 Å². The fraction of sp³-hybridized carbons (Fsp3) is 1.00. The molecule has 3 nitrogen and oxygen atoms in total. The maximum Gasteiger partial charge on any atom is 0.0718 e. The first-order chi connectivity index (χ1) is 5.94. The van der Waals surface area contributed by atoms with Crippen LogP contribution in [-0.2, 0) is 0 Å². The van der Waals surface area contributed by atoms with Crippen molar-refractivity contribution >= 4 is 0 Å². The normalized spacial score (nSPS) is 20.8. The number of likely N-dealkylation sites (N-methyl/N-ethyl adjacent to an activating group) is 1. The zero-order valence-electron chi connectivity index (χ0n) is 8.95. The Labute approximate surface area is 80.9 Å². The van der Waals surface area contributed by atoms with E-state index < -0.39 is 5.60 Å². The zero-order valence-corrected chi connectivity index (χ0v) is 8.95. The molecule has 13 heavy (non-hydrogen) atoms. The smallest absolute Gasteiger partial charge is 0.0718 e. The molecule has 1 unspecified atom stereocenters. The number of nitrogens with two attached hydrogens (primary N) is 1. The van der Waals surface area contributed by atoms with E-state index >= 15 is 0 Å². The lowest BCUT2D eigenvalue weighted by Crippen LogP contribution is -2.46. The van der Waals surface area contributed by atoms with Gasteiger partial charge in [-0.05, 0) is 39.7 Å². The van der Waals surface area contributed by atoms with E-state index in [0.717, 1.165) is 5.92 Å². The monoisotopic (exact) mass is 186 g/mol. The lowest BCUT2D eigenvalue weighted by molar-refractivity contribution is 0.0292. The molecule has 1 saturated carbocycles. The molecule has 78 valence electrons. The summed E-state index contributed by atoms with van der Waals surface area (Å²) in [5, 5.41) is 9.65. The predicted molar refractivity (Wildman–Crippen MR) is 54.5 cm³/mol. The minimum absolute atomic E-state index is 0.464. The highest BCUT2D eigenvalue weighted by molar-refractivity contribution is 4.89. The second kappa shape index (κ2) is 3.95. The van der Waals surface area contributed by atoms with E-state index in [1.807, 2.05) is 20.9 Å². The van der Waals surface area contributed by atoms with Gasteiger partial charge in [0.2, 0.25) is 0 Å². The van der Waals surface area contributed by atoms with Crippen molar-refractivity contribution in [1.29, 1.82) is 0 Å². The lowest BCUT2D eigenvalue weighted by Gasteiger charge is -2.32. The van der Waals surface area contributed by atoms with Crippen molar-refractivity contribution in [2.24, 2.45) is 11.7 Å². The predicted octanol–water partition coefficient (Wildman–Crippen LogP) is 0.426. The summed E-state index contributed by atoms with van der Waals surface area (Å²) in [4.78, 5) is 2.19. The van der Waals surface area contributed by atoms with Gasteiger partial charge in [0.15, 0.2) is 0 Å². The molecule has 0 heterocycles. The molecule has 0 aromatic carbocycles. The largest absolute Gasteiger partial charge is 0.389 e. The van der Waals surface area contributed by atoms with Crippen LogP contribution in [0.5, 0.6) is 0 Å². The Kier molecular flexibility index (Phi) is 3.33. The summed E-state index contributed by atoms with van der Waals surface area (Å²) in [7, 11) is 2.05. The first-order valence-electron chi connectivity index (χ1n) is 5.07. The van der Waals surface area contributed by atoms with Crippen LogP contribution in [0.4, 0.5) is 0 Å². The summed E-state index contributed by atoms with van der Waals surface area (Å²) in [5.41, 5.74) is 5.10. The van der Waals surface area contributed by atoms with Crippen molar-refractivity contribution in [3.63, 3.8) is 0 Å². The number of nitrogens with zero attached hydrogens (tertiary/aromatic N) is 1. The van der Waals surface area contributed by atoms with Gasteiger partial charge in [0.1, 0.15) is 0 Å². The molecule has 0 radical (unpaired) electrons. The van der Waals surface area contributed by atoms with E-state index in [2.05, 4.69) is 4.90 Å². The molecule has 0 aromatic heterocycles. The van der Waals surface area contributed by atoms with Crippen LogP contribution >= 0.6 is 0 Å². The number of hydrogen-bond donors (Lipinski definition) is 2. The first-order valence-corrected chi connectivity index (χ1v) is 5.07. The molecule has 0 aromatic rings. The van der Waals surface area contributed by atoms with Crippen LogP contribution in [0, 0.1) is 5.92 Å². The van der Waals surface area contributed by atoms with Crippen molar-refractivity contribution in [3.05, 3.63) is 0 Å². The number of rotatable bonds is 5. The molecular weight excluding hydrogens is 164 g/mol. The van der Waals surface area contributed by atoms with E-state index in [1.165, 1.54) is 12.8 Å². The highest BCUT2D eigenvalue weighted by Gasteiger charge is 2.34. The molecule has 0 spiro atoms. The van der Waals surface area contributed by atoms with Crippen molar-refractivity contribution in [2.75, 3.05) is 20.1 Å². The Morgan fingerprint density at radius 2 is 2.08 bits per heavy atom. The molecule has 1 aliphatic carbocycles. The van der Waals surface area contributed by atoms with E-state index in [1.54, 1.807) is 0 Å². The Morgan fingerprint density at radius 3 is 2.38 bits per heavy atom. The van der Waals surface area contributed by atoms with Crippen LogP contribution in [0.3, 0.4) is 0 Å². The Morgan fingerprint density at radius 1 is 1.54 bits per heavy atom. The van der Waals surface area contributed by atoms with Gasteiger partial charge < -0.3 is 10.8 Å². The van der Waals surface area contributed by atoms with Gasteiger partial charge in [0.25, 0.3) is 0 Å². The van der Waals surface area contributed by atoms with Crippen LogP contribution < -0.4 is 5.73 Å². The van der Waals surface area contributed by atoms with E-state index in [0.29, 0.717) is 19.1 Å². The average Bonchev–Trinajstić information content (AvgIpc) is 2.68. The summed E-state index contributed by atoms with van der Waals surface area (Å²) in [5.74, 6) is 0.775. The SMILES string of the molecule is CN(CC(C)(C)O)C(CN)C1CC1. The van der Waals surface area contributed by atoms with Gasteiger partial charge >= 0.3 is 0 Å². The van der Waals surface area contributed by atoms with Gasteiger partial charge in [-0.3, -0.25) is 4.90 Å². The maximum atomic E-state index is 9.65. The molecular formula is C10H22N2O. The maximum absolute atomic E-state index is 9.65. The highest BCUT2D eigenvalue weighted by atomic mass is 16.3. The average molecular weight is 186 g/mol. The Balaban J connectivity index is 2.39. The van der Waals surface area contributed by atoms with Crippen molar-refractivity contribution in [1.82, 2.24) is 4.90 Å². The number of aliphatic hydroxyl groups is 1. The van der Waals surface area contributed by atoms with Crippen LogP contribution in [-0.4, -0.2) is 41.8 Å². The summed E-state index contributed by atoms with van der Waals surface area (Å²) < 4.78 is 0. The Hall–Kier alpha value is -0.120. The van der Waals surface area contributed by atoms with Crippen molar-refractivity contribution < 1.29 is 5.11 Å². The molecule has 1 fully saturated rings. The zero-order chi connectivity index (χ0) is 10.1. The summed E-state index contributed by atoms with van der Waals surface area (Å²) in [6.07, 6.45) is 2.61. The van der Waals surface area contributed by atoms with Crippen molar-refractivity contribution in [3.8, 4) is 0 Å². The minimum atomic E-state index is -0.614. The van der Waals surface area contributed by atoms with Gasteiger partial charge in [0.05, 0.1) is 5.60 Å². The van der Waals surface area contributed by atoms with Crippen LogP contribution in [0.25, 0.3) is 0 Å². The topological polar surface area (TPSA) is 49.5 Å². The molecule has 0 saturated heterocycles. The molecule has 3 N–H and O–H groups in total. The first kappa shape index (κ1) is 11.0. The summed E-state index contributed by atoms with van der Waals surface area (Å²) in [6.45, 7) is 5.08. The Bertz CT molecular complexity index is 161. The third-order valence-corrected chi connectivity index (χ3v) is 2.61. The van der Waals surface area contributed by atoms with Crippen LogP contribution in [0.2, 0.25) is 0 Å². The van der Waals surface area contributed by atoms with Crippen molar-refractivity contribution in [2.45, 2.75) is 38.3 Å². The molecule has 3 heteroatoms. The number of hydrogen-bond acceptors (Lipinski definition) is 3. The second-order valence-electron chi connectivity index (χ2n) is 4.87. The lowest BCUT2D eigenvalue weighted by atomic mass is 10.1. The van der Waals surface area contributed by atoms with E-state index in [9.17, 15) is 5.11 Å². The molecule has 0 amide bonds.